The van der Waals surface area contributed by atoms with Crippen LogP contribution in [0, 0.1) is 6.92 Å². The average molecular weight is 268 g/mol. The van der Waals surface area contributed by atoms with Crippen LogP contribution in [0.1, 0.15) is 25.0 Å². The zero-order chi connectivity index (χ0) is 11.4. The molecule has 0 saturated heterocycles. The van der Waals surface area contributed by atoms with Gasteiger partial charge in [0, 0.05) is 11.5 Å². The van der Waals surface area contributed by atoms with Crippen molar-refractivity contribution in [1.29, 1.82) is 0 Å². The van der Waals surface area contributed by atoms with Gasteiger partial charge in [-0.05, 0) is 38.0 Å². The number of likely N-dealkylation sites (N-methyl/N-ethyl adjacent to an activating group) is 1. The van der Waals surface area contributed by atoms with Crippen LogP contribution in [0.2, 0.25) is 0 Å². The molecule has 0 N–H and O–H groups in total. The van der Waals surface area contributed by atoms with E-state index in [2.05, 4.69) is 15.9 Å². The summed E-state index contributed by atoms with van der Waals surface area (Å²) in [5.74, 6) is 0.165. The molecule has 1 aliphatic heterocycles. The van der Waals surface area contributed by atoms with Crippen LogP contribution in [0.4, 0.5) is 5.69 Å². The lowest BCUT2D eigenvalue weighted by Gasteiger charge is -2.16. The SMILES string of the molecule is Cc1c(Br)ccc2c1N(C)C(=O)C2(C)C. The molecule has 0 bridgehead atoms. The smallest absolute Gasteiger partial charge is 0.236 e. The maximum absolute atomic E-state index is 12.1. The summed E-state index contributed by atoms with van der Waals surface area (Å²) in [5.41, 5.74) is 2.92. The number of fused-ring (bicyclic) bond motifs is 1. The van der Waals surface area contributed by atoms with Gasteiger partial charge in [0.1, 0.15) is 0 Å². The van der Waals surface area contributed by atoms with Gasteiger partial charge < -0.3 is 4.90 Å². The number of hydrogen-bond acceptors (Lipinski definition) is 1. The van der Waals surface area contributed by atoms with Gasteiger partial charge in [-0.3, -0.25) is 4.79 Å². The molecular weight excluding hydrogens is 254 g/mol. The number of carbonyl (C=O) groups excluding carboxylic acids is 1. The highest BCUT2D eigenvalue weighted by Gasteiger charge is 2.42. The minimum atomic E-state index is -0.393. The second-order valence-electron chi connectivity index (χ2n) is 4.56. The molecule has 0 unspecified atom stereocenters. The van der Waals surface area contributed by atoms with E-state index in [1.807, 2.05) is 40.0 Å². The second-order valence-corrected chi connectivity index (χ2v) is 5.41. The standard InChI is InChI=1S/C12H14BrNO/c1-7-9(13)6-5-8-10(7)14(4)11(15)12(8,2)3/h5-6H,1-4H3. The third-order valence-corrected chi connectivity index (χ3v) is 4.07. The third kappa shape index (κ3) is 1.26. The molecule has 1 amide bonds. The Balaban J connectivity index is 2.77. The van der Waals surface area contributed by atoms with E-state index in [4.69, 9.17) is 0 Å². The topological polar surface area (TPSA) is 20.3 Å². The fourth-order valence-corrected chi connectivity index (χ4v) is 2.57. The molecular formula is C12H14BrNO. The Hall–Kier alpha value is -0.830. The second kappa shape index (κ2) is 3.08. The fourth-order valence-electron chi connectivity index (χ4n) is 2.25. The number of carbonyl (C=O) groups is 1. The van der Waals surface area contributed by atoms with E-state index in [-0.39, 0.29) is 5.91 Å². The van der Waals surface area contributed by atoms with Crippen LogP contribution < -0.4 is 4.90 Å². The van der Waals surface area contributed by atoms with Crippen LogP contribution in [0.15, 0.2) is 16.6 Å². The minimum Gasteiger partial charge on any atom is -0.314 e. The summed E-state index contributed by atoms with van der Waals surface area (Å²) in [6, 6.07) is 4.05. The molecule has 0 radical (unpaired) electrons. The van der Waals surface area contributed by atoms with Crippen molar-refractivity contribution in [3.8, 4) is 0 Å². The van der Waals surface area contributed by atoms with E-state index in [0.29, 0.717) is 0 Å². The van der Waals surface area contributed by atoms with Gasteiger partial charge >= 0.3 is 0 Å². The van der Waals surface area contributed by atoms with Crippen LogP contribution in [0.25, 0.3) is 0 Å². The summed E-state index contributed by atoms with van der Waals surface area (Å²) >= 11 is 3.50. The Bertz CT molecular complexity index is 451. The lowest BCUT2D eigenvalue weighted by molar-refractivity contribution is -0.121. The van der Waals surface area contributed by atoms with Crippen molar-refractivity contribution in [2.75, 3.05) is 11.9 Å². The van der Waals surface area contributed by atoms with Crippen molar-refractivity contribution in [2.45, 2.75) is 26.2 Å². The Kier molecular flexibility index (Phi) is 2.19. The lowest BCUT2D eigenvalue weighted by atomic mass is 9.85. The van der Waals surface area contributed by atoms with Crippen molar-refractivity contribution in [3.63, 3.8) is 0 Å². The summed E-state index contributed by atoms with van der Waals surface area (Å²) in [5, 5.41) is 0. The number of rotatable bonds is 0. The first kappa shape index (κ1) is 10.7. The van der Waals surface area contributed by atoms with Gasteiger partial charge in [-0.1, -0.05) is 22.0 Å². The Morgan fingerprint density at radius 2 is 1.93 bits per heavy atom. The van der Waals surface area contributed by atoms with Gasteiger partial charge in [0.2, 0.25) is 5.91 Å². The van der Waals surface area contributed by atoms with Crippen molar-refractivity contribution in [3.05, 3.63) is 27.7 Å². The number of hydrogen-bond donors (Lipinski definition) is 0. The van der Waals surface area contributed by atoms with Crippen LogP contribution in [0.5, 0.6) is 0 Å². The van der Waals surface area contributed by atoms with Gasteiger partial charge in [-0.15, -0.1) is 0 Å². The van der Waals surface area contributed by atoms with E-state index in [1.165, 1.54) is 0 Å². The molecule has 0 aromatic heterocycles. The summed E-state index contributed by atoms with van der Waals surface area (Å²) in [7, 11) is 1.84. The molecule has 1 aromatic carbocycles. The van der Waals surface area contributed by atoms with Crippen LogP contribution >= 0.6 is 15.9 Å². The van der Waals surface area contributed by atoms with E-state index in [9.17, 15) is 4.79 Å². The highest BCUT2D eigenvalue weighted by Crippen LogP contribution is 2.44. The zero-order valence-corrected chi connectivity index (χ0v) is 11.0. The molecule has 80 valence electrons. The van der Waals surface area contributed by atoms with Crippen LogP contribution in [-0.4, -0.2) is 13.0 Å². The predicted octanol–water partition coefficient (Wildman–Crippen LogP) is 3.01. The normalized spacial score (nSPS) is 18.2. The molecule has 0 aliphatic carbocycles. The monoisotopic (exact) mass is 267 g/mol. The molecule has 2 nitrogen and oxygen atoms in total. The summed E-state index contributed by atoms with van der Waals surface area (Å²) in [4.78, 5) is 13.8. The van der Waals surface area contributed by atoms with Gasteiger partial charge in [0.05, 0.1) is 11.1 Å². The average Bonchev–Trinajstić information content (AvgIpc) is 2.34. The van der Waals surface area contributed by atoms with E-state index in [1.54, 1.807) is 4.90 Å². The van der Waals surface area contributed by atoms with Crippen molar-refractivity contribution in [1.82, 2.24) is 0 Å². The molecule has 0 fully saturated rings. The van der Waals surface area contributed by atoms with Gasteiger partial charge in [-0.25, -0.2) is 0 Å². The molecule has 1 aliphatic rings. The maximum atomic E-state index is 12.1. The van der Waals surface area contributed by atoms with Gasteiger partial charge in [0.15, 0.2) is 0 Å². The van der Waals surface area contributed by atoms with Crippen LogP contribution in [-0.2, 0) is 10.2 Å². The summed E-state index contributed by atoms with van der Waals surface area (Å²) in [6.45, 7) is 5.99. The molecule has 0 saturated carbocycles. The first-order valence-electron chi connectivity index (χ1n) is 4.95. The first-order chi connectivity index (χ1) is 6.87. The molecule has 1 heterocycles. The van der Waals surface area contributed by atoms with Gasteiger partial charge in [0.25, 0.3) is 0 Å². The third-order valence-electron chi connectivity index (χ3n) is 3.21. The first-order valence-corrected chi connectivity index (χ1v) is 5.74. The number of benzene rings is 1. The Labute approximate surface area is 98.4 Å². The summed E-state index contributed by atoms with van der Waals surface area (Å²) in [6.07, 6.45) is 0. The lowest BCUT2D eigenvalue weighted by Crippen LogP contribution is -2.33. The van der Waals surface area contributed by atoms with E-state index in [0.717, 1.165) is 21.3 Å². The Morgan fingerprint density at radius 1 is 1.33 bits per heavy atom. The molecule has 1 aromatic rings. The number of anilines is 1. The predicted molar refractivity (Wildman–Crippen MR) is 65.3 cm³/mol. The zero-order valence-electron chi connectivity index (χ0n) is 9.39. The molecule has 15 heavy (non-hydrogen) atoms. The Morgan fingerprint density at radius 3 is 2.53 bits per heavy atom. The van der Waals surface area contributed by atoms with Gasteiger partial charge in [-0.2, -0.15) is 0 Å². The quantitative estimate of drug-likeness (QED) is 0.708. The highest BCUT2D eigenvalue weighted by atomic mass is 79.9. The minimum absolute atomic E-state index is 0.165. The maximum Gasteiger partial charge on any atom is 0.236 e. The number of halogens is 1. The van der Waals surface area contributed by atoms with E-state index >= 15 is 0 Å². The summed E-state index contributed by atoms with van der Waals surface area (Å²) < 4.78 is 1.05. The fraction of sp³-hybridized carbons (Fsp3) is 0.417. The highest BCUT2D eigenvalue weighted by molar-refractivity contribution is 9.10. The van der Waals surface area contributed by atoms with Crippen LogP contribution in [0.3, 0.4) is 0 Å². The molecule has 2 rings (SSSR count). The molecule has 0 atom stereocenters. The largest absolute Gasteiger partial charge is 0.314 e. The molecule has 3 heteroatoms. The van der Waals surface area contributed by atoms with E-state index < -0.39 is 5.41 Å². The molecule has 0 spiro atoms. The van der Waals surface area contributed by atoms with Crippen molar-refractivity contribution in [2.24, 2.45) is 0 Å². The number of nitrogens with zero attached hydrogens (tertiary/aromatic N) is 1. The van der Waals surface area contributed by atoms with Crippen molar-refractivity contribution < 1.29 is 4.79 Å². The number of amides is 1. The van der Waals surface area contributed by atoms with Crippen molar-refractivity contribution >= 4 is 27.5 Å².